The predicted molar refractivity (Wildman–Crippen MR) is 104 cm³/mol. The van der Waals surface area contributed by atoms with Gasteiger partial charge in [-0.15, -0.1) is 0 Å². The lowest BCUT2D eigenvalue weighted by molar-refractivity contribution is 0.0106. The molecule has 29 heavy (non-hydrogen) atoms. The monoisotopic (exact) mass is 393 g/mol. The van der Waals surface area contributed by atoms with Crippen molar-refractivity contribution in [2.45, 2.75) is 19.4 Å². The standard InChI is InChI=1S/C20H23N7O2/c1-13-7-15(26(3)23-13)19(28)27-11-20(12-27)8-16(25(2)10-20)18-22-17(24-29-18)14-5-4-6-21-9-14/h4-7,9,16H,8,10-12H2,1-3H3. The number of rotatable bonds is 3. The average Bonchev–Trinajstić information content (AvgIpc) is 3.37. The minimum atomic E-state index is 0.0430. The summed E-state index contributed by atoms with van der Waals surface area (Å²) in [6, 6.07) is 5.67. The summed E-state index contributed by atoms with van der Waals surface area (Å²) in [5, 5.41) is 8.41. The maximum Gasteiger partial charge on any atom is 0.272 e. The highest BCUT2D eigenvalue weighted by Gasteiger charge is 2.53. The summed E-state index contributed by atoms with van der Waals surface area (Å²) in [5.74, 6) is 1.22. The van der Waals surface area contributed by atoms with Crippen LogP contribution in [-0.2, 0) is 7.05 Å². The van der Waals surface area contributed by atoms with Gasteiger partial charge >= 0.3 is 0 Å². The van der Waals surface area contributed by atoms with Gasteiger partial charge in [0.05, 0.1) is 11.7 Å². The first-order chi connectivity index (χ1) is 13.9. The van der Waals surface area contributed by atoms with Gasteiger partial charge in [-0.05, 0) is 38.6 Å². The Hall–Kier alpha value is -3.07. The molecule has 0 radical (unpaired) electrons. The van der Waals surface area contributed by atoms with Crippen LogP contribution in [0, 0.1) is 12.3 Å². The second-order valence-corrected chi connectivity index (χ2v) is 8.29. The Morgan fingerprint density at radius 3 is 2.79 bits per heavy atom. The molecule has 1 spiro atoms. The van der Waals surface area contributed by atoms with E-state index in [9.17, 15) is 4.79 Å². The second kappa shape index (κ2) is 6.48. The second-order valence-electron chi connectivity index (χ2n) is 8.29. The number of amides is 1. The molecule has 9 nitrogen and oxygen atoms in total. The SMILES string of the molecule is Cc1cc(C(=O)N2CC3(CC(c4nc(-c5cccnc5)no4)N(C)C3)C2)n(C)n1. The Kier molecular flexibility index (Phi) is 4.02. The molecule has 0 saturated carbocycles. The highest BCUT2D eigenvalue weighted by molar-refractivity contribution is 5.93. The van der Waals surface area contributed by atoms with Gasteiger partial charge < -0.3 is 9.42 Å². The lowest BCUT2D eigenvalue weighted by atomic mass is 9.77. The van der Waals surface area contributed by atoms with Crippen LogP contribution in [0.15, 0.2) is 35.1 Å². The summed E-state index contributed by atoms with van der Waals surface area (Å²) in [5.41, 5.74) is 2.40. The molecule has 1 atom stereocenters. The van der Waals surface area contributed by atoms with Crippen molar-refractivity contribution < 1.29 is 9.32 Å². The number of nitrogens with zero attached hydrogens (tertiary/aromatic N) is 7. The number of hydrogen-bond acceptors (Lipinski definition) is 7. The summed E-state index contributed by atoms with van der Waals surface area (Å²) in [6.07, 6.45) is 4.34. The van der Waals surface area contributed by atoms with Gasteiger partial charge in [-0.2, -0.15) is 10.1 Å². The molecule has 150 valence electrons. The van der Waals surface area contributed by atoms with Crippen molar-refractivity contribution in [3.63, 3.8) is 0 Å². The highest BCUT2D eigenvalue weighted by atomic mass is 16.5. The first-order valence-corrected chi connectivity index (χ1v) is 9.68. The molecular formula is C20H23N7O2. The highest BCUT2D eigenvalue weighted by Crippen LogP contribution is 2.47. The van der Waals surface area contributed by atoms with Crippen LogP contribution in [-0.4, -0.2) is 67.3 Å². The van der Waals surface area contributed by atoms with Crippen molar-refractivity contribution in [1.29, 1.82) is 0 Å². The molecule has 2 saturated heterocycles. The molecule has 2 aliphatic rings. The van der Waals surface area contributed by atoms with Crippen LogP contribution in [0.1, 0.15) is 34.5 Å². The van der Waals surface area contributed by atoms with Crippen molar-refractivity contribution in [3.05, 3.63) is 47.9 Å². The first-order valence-electron chi connectivity index (χ1n) is 9.68. The fraction of sp³-hybridized carbons (Fsp3) is 0.450. The quantitative estimate of drug-likeness (QED) is 0.668. The number of hydrogen-bond donors (Lipinski definition) is 0. The van der Waals surface area contributed by atoms with Crippen molar-refractivity contribution in [2.24, 2.45) is 12.5 Å². The van der Waals surface area contributed by atoms with Gasteiger partial charge in [0.25, 0.3) is 5.91 Å². The third kappa shape index (κ3) is 3.02. The van der Waals surface area contributed by atoms with E-state index in [0.29, 0.717) is 17.4 Å². The molecule has 1 amide bonds. The Balaban J connectivity index is 1.28. The third-order valence-electron chi connectivity index (χ3n) is 5.95. The molecule has 0 aromatic carbocycles. The molecule has 1 unspecified atom stereocenters. The van der Waals surface area contributed by atoms with Gasteiger partial charge in [-0.3, -0.25) is 19.4 Å². The Morgan fingerprint density at radius 1 is 1.28 bits per heavy atom. The van der Waals surface area contributed by atoms with E-state index in [1.807, 2.05) is 37.1 Å². The van der Waals surface area contributed by atoms with E-state index < -0.39 is 0 Å². The largest absolute Gasteiger partial charge is 0.337 e. The number of aryl methyl sites for hydroxylation is 2. The summed E-state index contributed by atoms with van der Waals surface area (Å²) in [7, 11) is 3.88. The van der Waals surface area contributed by atoms with Gasteiger partial charge in [0, 0.05) is 50.1 Å². The maximum absolute atomic E-state index is 12.8. The topological polar surface area (TPSA) is 93.2 Å². The fourth-order valence-electron chi connectivity index (χ4n) is 4.64. The first kappa shape index (κ1) is 18.0. The third-order valence-corrected chi connectivity index (χ3v) is 5.95. The van der Waals surface area contributed by atoms with E-state index in [2.05, 4.69) is 32.2 Å². The molecule has 0 N–H and O–H groups in total. The van der Waals surface area contributed by atoms with Gasteiger partial charge in [0.2, 0.25) is 11.7 Å². The molecular weight excluding hydrogens is 370 g/mol. The number of aromatic nitrogens is 5. The van der Waals surface area contributed by atoms with Crippen molar-refractivity contribution in [1.82, 2.24) is 34.7 Å². The Morgan fingerprint density at radius 2 is 2.10 bits per heavy atom. The molecule has 2 aliphatic heterocycles. The molecule has 3 aromatic heterocycles. The fourth-order valence-corrected chi connectivity index (χ4v) is 4.64. The van der Waals surface area contributed by atoms with Gasteiger partial charge in [-0.1, -0.05) is 5.16 Å². The summed E-state index contributed by atoms with van der Waals surface area (Å²) in [6.45, 7) is 4.27. The van der Waals surface area contributed by atoms with Crippen LogP contribution in [0.2, 0.25) is 0 Å². The van der Waals surface area contributed by atoms with E-state index in [1.165, 1.54) is 0 Å². The molecule has 5 heterocycles. The summed E-state index contributed by atoms with van der Waals surface area (Å²) >= 11 is 0. The number of carbonyl (C=O) groups is 1. The number of likely N-dealkylation sites (tertiary alicyclic amines) is 2. The lowest BCUT2D eigenvalue weighted by Crippen LogP contribution is -2.59. The zero-order valence-electron chi connectivity index (χ0n) is 16.7. The summed E-state index contributed by atoms with van der Waals surface area (Å²) < 4.78 is 7.23. The number of carbonyl (C=O) groups excluding carboxylic acids is 1. The predicted octanol–water partition coefficient (Wildman–Crippen LogP) is 1.69. The zero-order chi connectivity index (χ0) is 20.2. The van der Waals surface area contributed by atoms with Crippen LogP contribution in [0.3, 0.4) is 0 Å². The van der Waals surface area contributed by atoms with Gasteiger partial charge in [-0.25, -0.2) is 0 Å². The molecule has 2 fully saturated rings. The maximum atomic E-state index is 12.8. The molecule has 3 aromatic rings. The smallest absolute Gasteiger partial charge is 0.272 e. The van der Waals surface area contributed by atoms with E-state index in [1.54, 1.807) is 17.1 Å². The van der Waals surface area contributed by atoms with Crippen LogP contribution in [0.25, 0.3) is 11.4 Å². The van der Waals surface area contributed by atoms with E-state index >= 15 is 0 Å². The number of pyridine rings is 1. The minimum absolute atomic E-state index is 0.0430. The molecule has 0 aliphatic carbocycles. The van der Waals surface area contributed by atoms with E-state index in [-0.39, 0.29) is 17.4 Å². The van der Waals surface area contributed by atoms with Crippen molar-refractivity contribution >= 4 is 5.91 Å². The normalized spacial score (nSPS) is 20.9. The van der Waals surface area contributed by atoms with E-state index in [0.717, 1.165) is 37.3 Å². The van der Waals surface area contributed by atoms with Crippen molar-refractivity contribution in [3.8, 4) is 11.4 Å². The van der Waals surface area contributed by atoms with Crippen LogP contribution < -0.4 is 0 Å². The Bertz CT molecular complexity index is 1050. The van der Waals surface area contributed by atoms with Gasteiger partial charge in [0.1, 0.15) is 5.69 Å². The molecule has 0 bridgehead atoms. The summed E-state index contributed by atoms with van der Waals surface area (Å²) in [4.78, 5) is 25.7. The van der Waals surface area contributed by atoms with Crippen molar-refractivity contribution in [2.75, 3.05) is 26.7 Å². The Labute approximate surface area is 168 Å². The minimum Gasteiger partial charge on any atom is -0.337 e. The van der Waals surface area contributed by atoms with Crippen LogP contribution >= 0.6 is 0 Å². The molecule has 9 heteroatoms. The van der Waals surface area contributed by atoms with Crippen LogP contribution in [0.4, 0.5) is 0 Å². The van der Waals surface area contributed by atoms with Crippen LogP contribution in [0.5, 0.6) is 0 Å². The molecule has 5 rings (SSSR count). The van der Waals surface area contributed by atoms with Gasteiger partial charge in [0.15, 0.2) is 0 Å². The average molecular weight is 393 g/mol. The zero-order valence-corrected chi connectivity index (χ0v) is 16.7. The van der Waals surface area contributed by atoms with E-state index in [4.69, 9.17) is 4.52 Å². The lowest BCUT2D eigenvalue weighted by Gasteiger charge is -2.48.